The van der Waals surface area contributed by atoms with E-state index in [-0.39, 0.29) is 34.0 Å². The number of para-hydroxylation sites is 1. The second-order valence-electron chi connectivity index (χ2n) is 7.89. The van der Waals surface area contributed by atoms with E-state index in [1.165, 1.54) is 6.08 Å². The summed E-state index contributed by atoms with van der Waals surface area (Å²) in [6.07, 6.45) is 4.91. The molecule has 0 saturated heterocycles. The summed E-state index contributed by atoms with van der Waals surface area (Å²) in [6, 6.07) is 28.8. The second-order valence-corrected chi connectivity index (χ2v) is 7.89. The maximum Gasteiger partial charge on any atom is 0.195 e. The van der Waals surface area contributed by atoms with Gasteiger partial charge < -0.3 is 0 Å². The number of aliphatic imine (C=N–C) groups is 1. The summed E-state index contributed by atoms with van der Waals surface area (Å²) < 4.78 is 0. The summed E-state index contributed by atoms with van der Waals surface area (Å²) >= 11 is 0. The minimum atomic E-state index is -0.327. The SMILES string of the molecule is O=C(/C=C/c1ccc(C=Nc2ccccc2)cc1)c1cccc2c1C(=O)c1ccccc1C2=O. The third-order valence-corrected chi connectivity index (χ3v) is 5.70. The first kappa shape index (κ1) is 21.2. The van der Waals surface area contributed by atoms with E-state index in [0.29, 0.717) is 11.1 Å². The summed E-state index contributed by atoms with van der Waals surface area (Å²) in [7, 11) is 0. The lowest BCUT2D eigenvalue weighted by molar-refractivity contribution is 0.0972. The molecule has 0 N–H and O–H groups in total. The van der Waals surface area contributed by atoms with E-state index in [0.717, 1.165) is 16.8 Å². The van der Waals surface area contributed by atoms with Crippen LogP contribution in [0.3, 0.4) is 0 Å². The van der Waals surface area contributed by atoms with Crippen LogP contribution in [-0.4, -0.2) is 23.6 Å². The molecule has 0 aromatic heterocycles. The predicted octanol–water partition coefficient (Wildman–Crippen LogP) is 6.11. The van der Waals surface area contributed by atoms with Crippen LogP contribution in [0, 0.1) is 0 Å². The van der Waals surface area contributed by atoms with E-state index >= 15 is 0 Å². The van der Waals surface area contributed by atoms with Gasteiger partial charge in [-0.2, -0.15) is 0 Å². The van der Waals surface area contributed by atoms with Gasteiger partial charge in [0.05, 0.1) is 5.69 Å². The smallest absolute Gasteiger partial charge is 0.195 e. The number of ketones is 3. The molecule has 0 atom stereocenters. The molecule has 0 saturated carbocycles. The van der Waals surface area contributed by atoms with E-state index in [1.807, 2.05) is 54.6 Å². The Hall–Kier alpha value is -4.70. The fourth-order valence-electron chi connectivity index (χ4n) is 3.97. The third-order valence-electron chi connectivity index (χ3n) is 5.70. The zero-order valence-electron chi connectivity index (χ0n) is 18.1. The quantitative estimate of drug-likeness (QED) is 0.188. The molecule has 0 fully saturated rings. The lowest BCUT2D eigenvalue weighted by Crippen LogP contribution is -2.23. The fourth-order valence-corrected chi connectivity index (χ4v) is 3.97. The fraction of sp³-hybridized carbons (Fsp3) is 0. The number of carbonyl (C=O) groups is 3. The molecule has 4 nitrogen and oxygen atoms in total. The highest BCUT2D eigenvalue weighted by atomic mass is 16.1. The van der Waals surface area contributed by atoms with E-state index in [4.69, 9.17) is 0 Å². The molecule has 0 unspecified atom stereocenters. The number of hydrogen-bond donors (Lipinski definition) is 0. The zero-order valence-corrected chi connectivity index (χ0v) is 18.1. The third kappa shape index (κ3) is 4.05. The van der Waals surface area contributed by atoms with Gasteiger partial charge in [-0.05, 0) is 29.3 Å². The van der Waals surface area contributed by atoms with Crippen LogP contribution in [-0.2, 0) is 0 Å². The summed E-state index contributed by atoms with van der Waals surface area (Å²) in [5, 5.41) is 0. The van der Waals surface area contributed by atoms with E-state index in [1.54, 1.807) is 54.8 Å². The van der Waals surface area contributed by atoms with Crippen molar-refractivity contribution in [1.82, 2.24) is 0 Å². The molecule has 0 bridgehead atoms. The largest absolute Gasteiger partial charge is 0.289 e. The van der Waals surface area contributed by atoms with Gasteiger partial charge in [0.1, 0.15) is 0 Å². The van der Waals surface area contributed by atoms with Gasteiger partial charge in [0.15, 0.2) is 17.3 Å². The second kappa shape index (κ2) is 9.04. The summed E-state index contributed by atoms with van der Waals surface area (Å²) in [6.45, 7) is 0. The minimum absolute atomic E-state index is 0.174. The Balaban J connectivity index is 1.37. The van der Waals surface area contributed by atoms with Gasteiger partial charge in [0.25, 0.3) is 0 Å². The number of hydrogen-bond acceptors (Lipinski definition) is 4. The van der Waals surface area contributed by atoms with Crippen LogP contribution in [0.4, 0.5) is 5.69 Å². The number of rotatable bonds is 5. The molecule has 5 rings (SSSR count). The molecule has 34 heavy (non-hydrogen) atoms. The Bertz CT molecular complexity index is 1480. The van der Waals surface area contributed by atoms with Crippen LogP contribution >= 0.6 is 0 Å². The summed E-state index contributed by atoms with van der Waals surface area (Å²) in [5.74, 6) is -0.867. The van der Waals surface area contributed by atoms with Crippen LogP contribution in [0.1, 0.15) is 53.3 Å². The van der Waals surface area contributed by atoms with E-state index in [2.05, 4.69) is 4.99 Å². The highest BCUT2D eigenvalue weighted by Gasteiger charge is 2.32. The monoisotopic (exact) mass is 441 g/mol. The van der Waals surface area contributed by atoms with Gasteiger partial charge in [-0.25, -0.2) is 0 Å². The van der Waals surface area contributed by atoms with Crippen molar-refractivity contribution >= 4 is 35.3 Å². The van der Waals surface area contributed by atoms with E-state index in [9.17, 15) is 14.4 Å². The Morgan fingerprint density at radius 1 is 0.618 bits per heavy atom. The molecular formula is C30H19NO3. The number of nitrogens with zero attached hydrogens (tertiary/aromatic N) is 1. The molecule has 1 aliphatic rings. The molecule has 0 aliphatic heterocycles. The molecule has 4 heteroatoms. The molecule has 0 amide bonds. The molecule has 4 aromatic carbocycles. The van der Waals surface area contributed by atoms with Crippen LogP contribution < -0.4 is 0 Å². The average Bonchev–Trinajstić information content (AvgIpc) is 2.90. The molecule has 0 heterocycles. The maximum atomic E-state index is 13.1. The molecule has 162 valence electrons. The van der Waals surface area contributed by atoms with Crippen LogP contribution in [0.5, 0.6) is 0 Å². The average molecular weight is 441 g/mol. The number of allylic oxidation sites excluding steroid dienone is 1. The van der Waals surface area contributed by atoms with Crippen molar-refractivity contribution in [3.63, 3.8) is 0 Å². The molecule has 0 radical (unpaired) electrons. The first-order valence-electron chi connectivity index (χ1n) is 10.8. The Morgan fingerprint density at radius 2 is 1.24 bits per heavy atom. The summed E-state index contributed by atoms with van der Waals surface area (Å²) in [5.41, 5.74) is 4.02. The first-order chi connectivity index (χ1) is 16.6. The van der Waals surface area contributed by atoms with Gasteiger partial charge in [0.2, 0.25) is 0 Å². The van der Waals surface area contributed by atoms with Crippen molar-refractivity contribution in [3.05, 3.63) is 142 Å². The standard InChI is InChI=1S/C30H19NO3/c32-27(18-17-20-13-15-21(16-14-20)19-31-22-7-2-1-3-8-22)25-11-6-12-26-28(25)30(34)24-10-5-4-9-23(24)29(26)33/h1-19H/b18-17+,31-19?. The highest BCUT2D eigenvalue weighted by Crippen LogP contribution is 2.30. The molecular weight excluding hydrogens is 422 g/mol. The van der Waals surface area contributed by atoms with Crippen molar-refractivity contribution in [2.45, 2.75) is 0 Å². The minimum Gasteiger partial charge on any atom is -0.289 e. The van der Waals surface area contributed by atoms with Crippen molar-refractivity contribution in [3.8, 4) is 0 Å². The Kier molecular flexibility index (Phi) is 5.63. The molecule has 4 aromatic rings. The lowest BCUT2D eigenvalue weighted by Gasteiger charge is -2.19. The highest BCUT2D eigenvalue weighted by molar-refractivity contribution is 6.31. The van der Waals surface area contributed by atoms with Gasteiger partial charge in [-0.15, -0.1) is 0 Å². The van der Waals surface area contributed by atoms with Gasteiger partial charge in [-0.1, -0.05) is 91.0 Å². The number of fused-ring (bicyclic) bond motifs is 2. The van der Waals surface area contributed by atoms with Gasteiger partial charge in [-0.3, -0.25) is 19.4 Å². The molecule has 1 aliphatic carbocycles. The van der Waals surface area contributed by atoms with Crippen molar-refractivity contribution in [1.29, 1.82) is 0 Å². The zero-order chi connectivity index (χ0) is 23.5. The van der Waals surface area contributed by atoms with Crippen LogP contribution in [0.2, 0.25) is 0 Å². The summed E-state index contributed by atoms with van der Waals surface area (Å²) in [4.78, 5) is 43.4. The van der Waals surface area contributed by atoms with Crippen molar-refractivity contribution in [2.75, 3.05) is 0 Å². The predicted molar refractivity (Wildman–Crippen MR) is 133 cm³/mol. The van der Waals surface area contributed by atoms with Gasteiger partial charge in [0, 0.05) is 34.0 Å². The maximum absolute atomic E-state index is 13.1. The molecule has 0 spiro atoms. The lowest BCUT2D eigenvalue weighted by atomic mass is 9.81. The normalized spacial score (nSPS) is 12.7. The van der Waals surface area contributed by atoms with E-state index < -0.39 is 0 Å². The van der Waals surface area contributed by atoms with Crippen LogP contribution in [0.25, 0.3) is 6.08 Å². The number of benzene rings is 4. The van der Waals surface area contributed by atoms with Crippen molar-refractivity contribution in [2.24, 2.45) is 4.99 Å². The van der Waals surface area contributed by atoms with Crippen LogP contribution in [0.15, 0.2) is 108 Å². The number of carbonyl (C=O) groups excluding carboxylic acids is 3. The van der Waals surface area contributed by atoms with Gasteiger partial charge >= 0.3 is 0 Å². The van der Waals surface area contributed by atoms with Crippen molar-refractivity contribution < 1.29 is 14.4 Å². The Labute approximate surface area is 196 Å². The topological polar surface area (TPSA) is 63.6 Å². The Morgan fingerprint density at radius 3 is 1.97 bits per heavy atom. The first-order valence-corrected chi connectivity index (χ1v) is 10.8.